The summed E-state index contributed by atoms with van der Waals surface area (Å²) in [5.74, 6) is -0.208. The first-order chi connectivity index (χ1) is 11.1. The monoisotopic (exact) mass is 319 g/mol. The quantitative estimate of drug-likeness (QED) is 0.747. The fourth-order valence-electron chi connectivity index (χ4n) is 2.91. The average molecular weight is 319 g/mol. The summed E-state index contributed by atoms with van der Waals surface area (Å²) in [6, 6.07) is 7.26. The molecule has 0 aromatic heterocycles. The van der Waals surface area contributed by atoms with Crippen molar-refractivity contribution >= 4 is 23.2 Å². The summed E-state index contributed by atoms with van der Waals surface area (Å²) in [4.78, 5) is 25.3. The molecule has 1 aromatic rings. The van der Waals surface area contributed by atoms with E-state index in [-0.39, 0.29) is 24.5 Å². The number of nitrogens with one attached hydrogen (secondary N) is 2. The van der Waals surface area contributed by atoms with E-state index >= 15 is 0 Å². The molecule has 2 amide bonds. The Labute approximate surface area is 136 Å². The molecule has 0 saturated carbocycles. The number of amides is 2. The Morgan fingerprint density at radius 2 is 2.00 bits per heavy atom. The molecule has 1 aromatic carbocycles. The summed E-state index contributed by atoms with van der Waals surface area (Å²) in [6.07, 6.45) is 3.65. The van der Waals surface area contributed by atoms with Gasteiger partial charge in [0.25, 0.3) is 0 Å². The van der Waals surface area contributed by atoms with E-state index in [0.717, 1.165) is 25.8 Å². The molecule has 1 aliphatic rings. The maximum atomic E-state index is 12.1. The molecule has 23 heavy (non-hydrogen) atoms. The van der Waals surface area contributed by atoms with Crippen LogP contribution in [0.15, 0.2) is 24.3 Å². The van der Waals surface area contributed by atoms with E-state index < -0.39 is 0 Å². The van der Waals surface area contributed by atoms with Crippen LogP contribution in [0.3, 0.4) is 0 Å². The minimum Gasteiger partial charge on any atom is -0.395 e. The minimum absolute atomic E-state index is 0.0627. The zero-order valence-corrected chi connectivity index (χ0v) is 13.5. The highest BCUT2D eigenvalue weighted by atomic mass is 16.3. The average Bonchev–Trinajstić information content (AvgIpc) is 2.53. The Kier molecular flexibility index (Phi) is 6.55. The van der Waals surface area contributed by atoms with Crippen molar-refractivity contribution in [3.05, 3.63) is 24.3 Å². The molecular weight excluding hydrogens is 294 g/mol. The number of hydrogen-bond donors (Lipinski definition) is 3. The summed E-state index contributed by atoms with van der Waals surface area (Å²) >= 11 is 0. The number of piperidine rings is 1. The van der Waals surface area contributed by atoms with Crippen LogP contribution in [-0.2, 0) is 9.59 Å². The van der Waals surface area contributed by atoms with Crippen molar-refractivity contribution in [3.63, 3.8) is 0 Å². The van der Waals surface area contributed by atoms with Gasteiger partial charge in [0.15, 0.2) is 0 Å². The largest absolute Gasteiger partial charge is 0.395 e. The second-order valence-corrected chi connectivity index (χ2v) is 5.93. The zero-order valence-electron chi connectivity index (χ0n) is 13.5. The summed E-state index contributed by atoms with van der Waals surface area (Å²) in [6.45, 7) is 3.20. The number of anilines is 2. The van der Waals surface area contributed by atoms with Gasteiger partial charge in [-0.05, 0) is 37.6 Å². The van der Waals surface area contributed by atoms with Gasteiger partial charge in [-0.15, -0.1) is 0 Å². The Morgan fingerprint density at radius 1 is 1.26 bits per heavy atom. The Morgan fingerprint density at radius 3 is 2.70 bits per heavy atom. The van der Waals surface area contributed by atoms with Crippen LogP contribution >= 0.6 is 0 Å². The molecule has 1 aliphatic heterocycles. The fraction of sp³-hybridized carbons (Fsp3) is 0.529. The molecular formula is C17H25N3O3. The summed E-state index contributed by atoms with van der Waals surface area (Å²) in [5.41, 5.74) is 1.32. The first-order valence-corrected chi connectivity index (χ1v) is 8.11. The van der Waals surface area contributed by atoms with Crippen molar-refractivity contribution in [2.45, 2.75) is 38.6 Å². The topological polar surface area (TPSA) is 81.7 Å². The highest BCUT2D eigenvalue weighted by Crippen LogP contribution is 2.18. The van der Waals surface area contributed by atoms with Gasteiger partial charge in [-0.1, -0.05) is 12.5 Å². The zero-order chi connectivity index (χ0) is 16.7. The van der Waals surface area contributed by atoms with Crippen molar-refractivity contribution in [1.82, 2.24) is 4.90 Å². The van der Waals surface area contributed by atoms with Gasteiger partial charge in [0.1, 0.15) is 0 Å². The van der Waals surface area contributed by atoms with E-state index in [1.807, 2.05) is 0 Å². The van der Waals surface area contributed by atoms with Crippen molar-refractivity contribution in [2.24, 2.45) is 0 Å². The number of benzene rings is 1. The van der Waals surface area contributed by atoms with Gasteiger partial charge in [0.2, 0.25) is 11.8 Å². The molecule has 1 fully saturated rings. The molecule has 6 nitrogen and oxygen atoms in total. The molecule has 126 valence electrons. The first-order valence-electron chi connectivity index (χ1n) is 8.11. The van der Waals surface area contributed by atoms with Crippen LogP contribution in [0, 0.1) is 0 Å². The van der Waals surface area contributed by atoms with Crippen LogP contribution in [0.25, 0.3) is 0 Å². The third kappa shape index (κ3) is 5.65. The summed E-state index contributed by atoms with van der Waals surface area (Å²) in [5, 5.41) is 14.9. The molecule has 1 heterocycles. The predicted molar refractivity (Wildman–Crippen MR) is 90.3 cm³/mol. The molecule has 0 spiro atoms. The number of likely N-dealkylation sites (tertiary alicyclic amines) is 1. The number of hydrogen-bond acceptors (Lipinski definition) is 4. The van der Waals surface area contributed by atoms with Crippen molar-refractivity contribution in [1.29, 1.82) is 0 Å². The number of aliphatic hydroxyl groups excluding tert-OH is 1. The third-order valence-electron chi connectivity index (χ3n) is 4.05. The van der Waals surface area contributed by atoms with E-state index in [4.69, 9.17) is 0 Å². The van der Waals surface area contributed by atoms with E-state index in [1.165, 1.54) is 6.92 Å². The van der Waals surface area contributed by atoms with E-state index in [2.05, 4.69) is 15.5 Å². The number of aliphatic hydroxyl groups is 1. The lowest BCUT2D eigenvalue weighted by Crippen LogP contribution is -2.43. The lowest BCUT2D eigenvalue weighted by molar-refractivity contribution is -0.117. The normalized spacial score (nSPS) is 18.4. The second kappa shape index (κ2) is 8.64. The number of rotatable bonds is 6. The molecule has 0 aliphatic carbocycles. The van der Waals surface area contributed by atoms with Gasteiger partial charge in [0.05, 0.1) is 6.61 Å². The van der Waals surface area contributed by atoms with Crippen LogP contribution in [0.5, 0.6) is 0 Å². The summed E-state index contributed by atoms with van der Waals surface area (Å²) in [7, 11) is 0. The standard InChI is InChI=1S/C17H25N3O3/c1-13(22)18-14-5-4-6-15(11-14)19-17(23)8-10-20-9-3-2-7-16(20)12-21/h4-6,11,16,21H,2-3,7-10,12H2,1H3,(H,18,22)(H,19,23). The SMILES string of the molecule is CC(=O)Nc1cccc(NC(=O)CCN2CCCCC2CO)c1. The van der Waals surface area contributed by atoms with Gasteiger partial charge in [-0.2, -0.15) is 0 Å². The summed E-state index contributed by atoms with van der Waals surface area (Å²) < 4.78 is 0. The Balaban J connectivity index is 1.83. The molecule has 2 rings (SSSR count). The highest BCUT2D eigenvalue weighted by molar-refractivity contribution is 5.93. The molecule has 0 radical (unpaired) electrons. The van der Waals surface area contributed by atoms with E-state index in [9.17, 15) is 14.7 Å². The second-order valence-electron chi connectivity index (χ2n) is 5.93. The molecule has 1 saturated heterocycles. The van der Waals surface area contributed by atoms with Crippen LogP contribution < -0.4 is 10.6 Å². The first kappa shape index (κ1) is 17.4. The third-order valence-corrected chi connectivity index (χ3v) is 4.05. The number of carbonyl (C=O) groups is 2. The van der Waals surface area contributed by atoms with Gasteiger partial charge < -0.3 is 15.7 Å². The number of nitrogens with zero attached hydrogens (tertiary/aromatic N) is 1. The van der Waals surface area contributed by atoms with Gasteiger partial charge in [-0.25, -0.2) is 0 Å². The lowest BCUT2D eigenvalue weighted by Gasteiger charge is -2.34. The van der Waals surface area contributed by atoms with Crippen LogP contribution in [-0.4, -0.2) is 47.6 Å². The van der Waals surface area contributed by atoms with Crippen LogP contribution in [0.2, 0.25) is 0 Å². The maximum Gasteiger partial charge on any atom is 0.225 e. The molecule has 0 bridgehead atoms. The van der Waals surface area contributed by atoms with Crippen molar-refractivity contribution in [2.75, 3.05) is 30.3 Å². The smallest absolute Gasteiger partial charge is 0.225 e. The lowest BCUT2D eigenvalue weighted by atomic mass is 10.0. The Hall–Kier alpha value is -1.92. The van der Waals surface area contributed by atoms with E-state index in [1.54, 1.807) is 24.3 Å². The van der Waals surface area contributed by atoms with Crippen LogP contribution in [0.4, 0.5) is 11.4 Å². The maximum absolute atomic E-state index is 12.1. The number of carbonyl (C=O) groups excluding carboxylic acids is 2. The molecule has 6 heteroatoms. The van der Waals surface area contributed by atoms with Gasteiger partial charge in [-0.3, -0.25) is 14.5 Å². The molecule has 1 atom stereocenters. The predicted octanol–water partition coefficient (Wildman–Crippen LogP) is 1.82. The molecule has 1 unspecified atom stereocenters. The fourth-order valence-corrected chi connectivity index (χ4v) is 2.91. The van der Waals surface area contributed by atoms with Crippen LogP contribution in [0.1, 0.15) is 32.6 Å². The highest BCUT2D eigenvalue weighted by Gasteiger charge is 2.21. The van der Waals surface area contributed by atoms with Crippen molar-refractivity contribution < 1.29 is 14.7 Å². The Bertz CT molecular complexity index is 548. The van der Waals surface area contributed by atoms with Gasteiger partial charge >= 0.3 is 0 Å². The van der Waals surface area contributed by atoms with Gasteiger partial charge in [0, 0.05) is 37.3 Å². The minimum atomic E-state index is -0.145. The van der Waals surface area contributed by atoms with E-state index in [0.29, 0.717) is 24.3 Å². The van der Waals surface area contributed by atoms with Crippen molar-refractivity contribution in [3.8, 4) is 0 Å². The molecule has 3 N–H and O–H groups in total.